The van der Waals surface area contributed by atoms with Gasteiger partial charge in [0.1, 0.15) is 12.2 Å². The molecule has 1 heterocycles. The third-order valence-corrected chi connectivity index (χ3v) is 1.85. The molecule has 0 aliphatic rings. The van der Waals surface area contributed by atoms with Crippen molar-refractivity contribution in [2.75, 3.05) is 13.6 Å². The van der Waals surface area contributed by atoms with E-state index in [4.69, 9.17) is 0 Å². The maximum atomic E-state index is 9.50. The lowest BCUT2D eigenvalue weighted by Crippen LogP contribution is -2.26. The van der Waals surface area contributed by atoms with Crippen molar-refractivity contribution in [3.05, 3.63) is 12.2 Å². The maximum absolute atomic E-state index is 9.50. The van der Waals surface area contributed by atoms with Crippen molar-refractivity contribution in [1.29, 1.82) is 0 Å². The normalized spacial score (nSPS) is 13.2. The van der Waals surface area contributed by atoms with Crippen LogP contribution in [0.25, 0.3) is 0 Å². The van der Waals surface area contributed by atoms with E-state index in [1.807, 2.05) is 14.0 Å². The van der Waals surface area contributed by atoms with Crippen molar-refractivity contribution in [3.8, 4) is 0 Å². The Bertz CT molecular complexity index is 248. The number of nitrogens with zero attached hydrogens (tertiary/aromatic N) is 3. The summed E-state index contributed by atoms with van der Waals surface area (Å²) >= 11 is 0. The number of aliphatic hydroxyl groups is 1. The van der Waals surface area contributed by atoms with Crippen LogP contribution in [0.3, 0.4) is 0 Å². The Morgan fingerprint density at radius 3 is 3.08 bits per heavy atom. The van der Waals surface area contributed by atoms with Gasteiger partial charge in [-0.1, -0.05) is 0 Å². The standard InChI is InChI=1S/C8H16N4O/c1-3-12-8(10-6-11-12)4-7(13)5-9-2/h6-7,9,13H,3-5H2,1-2H3. The highest BCUT2D eigenvalue weighted by Crippen LogP contribution is 1.98. The second-order valence-electron chi connectivity index (χ2n) is 2.91. The lowest BCUT2D eigenvalue weighted by molar-refractivity contribution is 0.170. The van der Waals surface area contributed by atoms with Crippen molar-refractivity contribution < 1.29 is 5.11 Å². The van der Waals surface area contributed by atoms with E-state index >= 15 is 0 Å². The molecule has 74 valence electrons. The molecule has 0 fully saturated rings. The summed E-state index contributed by atoms with van der Waals surface area (Å²) in [6.45, 7) is 3.38. The number of aromatic nitrogens is 3. The van der Waals surface area contributed by atoms with Gasteiger partial charge in [-0.05, 0) is 14.0 Å². The van der Waals surface area contributed by atoms with Crippen LogP contribution in [0.1, 0.15) is 12.7 Å². The monoisotopic (exact) mass is 184 g/mol. The molecule has 13 heavy (non-hydrogen) atoms. The van der Waals surface area contributed by atoms with Crippen LogP contribution in [0.2, 0.25) is 0 Å². The fourth-order valence-electron chi connectivity index (χ4n) is 1.23. The molecule has 0 spiro atoms. The molecule has 0 bridgehead atoms. The van der Waals surface area contributed by atoms with Crippen LogP contribution in [0.15, 0.2) is 6.33 Å². The number of hydrogen-bond donors (Lipinski definition) is 2. The number of rotatable bonds is 5. The second-order valence-corrected chi connectivity index (χ2v) is 2.91. The van der Waals surface area contributed by atoms with Crippen LogP contribution >= 0.6 is 0 Å². The molecule has 5 heteroatoms. The smallest absolute Gasteiger partial charge is 0.138 e. The summed E-state index contributed by atoms with van der Waals surface area (Å²) in [4.78, 5) is 4.07. The van der Waals surface area contributed by atoms with E-state index in [-0.39, 0.29) is 6.10 Å². The minimum Gasteiger partial charge on any atom is -0.391 e. The van der Waals surface area contributed by atoms with E-state index in [2.05, 4.69) is 15.4 Å². The Hall–Kier alpha value is -0.940. The lowest BCUT2D eigenvalue weighted by Gasteiger charge is -2.09. The predicted molar refractivity (Wildman–Crippen MR) is 49.3 cm³/mol. The number of aryl methyl sites for hydroxylation is 1. The van der Waals surface area contributed by atoms with E-state index in [0.29, 0.717) is 13.0 Å². The van der Waals surface area contributed by atoms with Gasteiger partial charge in [-0.3, -0.25) is 4.68 Å². The Morgan fingerprint density at radius 1 is 1.69 bits per heavy atom. The zero-order valence-corrected chi connectivity index (χ0v) is 8.06. The zero-order valence-electron chi connectivity index (χ0n) is 8.06. The Morgan fingerprint density at radius 2 is 2.46 bits per heavy atom. The molecule has 1 unspecified atom stereocenters. The van der Waals surface area contributed by atoms with Crippen molar-refractivity contribution in [2.24, 2.45) is 0 Å². The van der Waals surface area contributed by atoms with Crippen LogP contribution in [-0.2, 0) is 13.0 Å². The van der Waals surface area contributed by atoms with Crippen LogP contribution in [0.5, 0.6) is 0 Å². The highest BCUT2D eigenvalue weighted by Gasteiger charge is 2.08. The third kappa shape index (κ3) is 2.78. The average molecular weight is 184 g/mol. The first-order valence-corrected chi connectivity index (χ1v) is 4.47. The van der Waals surface area contributed by atoms with Crippen molar-refractivity contribution in [1.82, 2.24) is 20.1 Å². The second kappa shape index (κ2) is 4.94. The molecule has 0 saturated heterocycles. The van der Waals surface area contributed by atoms with Gasteiger partial charge in [-0.2, -0.15) is 5.10 Å². The first kappa shape index (κ1) is 10.1. The molecule has 0 amide bonds. The van der Waals surface area contributed by atoms with E-state index in [9.17, 15) is 5.11 Å². The molecule has 1 aromatic heterocycles. The quantitative estimate of drug-likeness (QED) is 0.642. The fraction of sp³-hybridized carbons (Fsp3) is 0.750. The molecule has 0 saturated carbocycles. The van der Waals surface area contributed by atoms with Gasteiger partial charge in [0.15, 0.2) is 0 Å². The van der Waals surface area contributed by atoms with Gasteiger partial charge in [-0.25, -0.2) is 4.98 Å². The minimum atomic E-state index is -0.389. The van der Waals surface area contributed by atoms with Gasteiger partial charge in [-0.15, -0.1) is 0 Å². The number of aliphatic hydroxyl groups excluding tert-OH is 1. The zero-order chi connectivity index (χ0) is 9.68. The Kier molecular flexibility index (Phi) is 3.85. The average Bonchev–Trinajstić information content (AvgIpc) is 2.52. The van der Waals surface area contributed by atoms with E-state index < -0.39 is 0 Å². The SMILES string of the molecule is CCn1ncnc1CC(O)CNC. The highest BCUT2D eigenvalue weighted by molar-refractivity contribution is 4.87. The van der Waals surface area contributed by atoms with Crippen LogP contribution in [0, 0.1) is 0 Å². The summed E-state index contributed by atoms with van der Waals surface area (Å²) in [5, 5.41) is 16.4. The van der Waals surface area contributed by atoms with Gasteiger partial charge in [0.05, 0.1) is 6.10 Å². The molecular weight excluding hydrogens is 168 g/mol. The summed E-state index contributed by atoms with van der Waals surface area (Å²) < 4.78 is 1.79. The van der Waals surface area contributed by atoms with Crippen molar-refractivity contribution >= 4 is 0 Å². The van der Waals surface area contributed by atoms with Crippen molar-refractivity contribution in [3.63, 3.8) is 0 Å². The molecule has 5 nitrogen and oxygen atoms in total. The molecule has 2 N–H and O–H groups in total. The maximum Gasteiger partial charge on any atom is 0.138 e. The molecular formula is C8H16N4O. The summed E-state index contributed by atoms with van der Waals surface area (Å²) in [6.07, 6.45) is 1.68. The number of nitrogens with one attached hydrogen (secondary N) is 1. The fourth-order valence-corrected chi connectivity index (χ4v) is 1.23. The lowest BCUT2D eigenvalue weighted by atomic mass is 10.2. The van der Waals surface area contributed by atoms with E-state index in [0.717, 1.165) is 12.4 Å². The summed E-state index contributed by atoms with van der Waals surface area (Å²) in [5.41, 5.74) is 0. The molecule has 0 aliphatic carbocycles. The third-order valence-electron chi connectivity index (χ3n) is 1.85. The van der Waals surface area contributed by atoms with Crippen molar-refractivity contribution in [2.45, 2.75) is 26.0 Å². The van der Waals surface area contributed by atoms with Crippen LogP contribution in [0.4, 0.5) is 0 Å². The highest BCUT2D eigenvalue weighted by atomic mass is 16.3. The van der Waals surface area contributed by atoms with Gasteiger partial charge >= 0.3 is 0 Å². The largest absolute Gasteiger partial charge is 0.391 e. The summed E-state index contributed by atoms with van der Waals surface area (Å²) in [5.74, 6) is 0.838. The molecule has 0 aromatic carbocycles. The van der Waals surface area contributed by atoms with Gasteiger partial charge in [0, 0.05) is 19.5 Å². The van der Waals surface area contributed by atoms with Gasteiger partial charge in [0.2, 0.25) is 0 Å². The molecule has 0 aliphatic heterocycles. The number of hydrogen-bond acceptors (Lipinski definition) is 4. The summed E-state index contributed by atoms with van der Waals surface area (Å²) in [6, 6.07) is 0. The Labute approximate surface area is 77.8 Å². The molecule has 1 rings (SSSR count). The van der Waals surface area contributed by atoms with Gasteiger partial charge in [0.25, 0.3) is 0 Å². The molecule has 0 radical (unpaired) electrons. The van der Waals surface area contributed by atoms with E-state index in [1.54, 1.807) is 4.68 Å². The molecule has 1 atom stereocenters. The first-order chi connectivity index (χ1) is 6.27. The minimum absolute atomic E-state index is 0.389. The van der Waals surface area contributed by atoms with Crippen LogP contribution in [-0.4, -0.2) is 39.6 Å². The first-order valence-electron chi connectivity index (χ1n) is 4.47. The van der Waals surface area contributed by atoms with Crippen LogP contribution < -0.4 is 5.32 Å². The Balaban J connectivity index is 2.52. The van der Waals surface area contributed by atoms with E-state index in [1.165, 1.54) is 6.33 Å². The summed E-state index contributed by atoms with van der Waals surface area (Å²) in [7, 11) is 1.81. The molecule has 1 aromatic rings. The van der Waals surface area contributed by atoms with Gasteiger partial charge < -0.3 is 10.4 Å². The number of likely N-dealkylation sites (N-methyl/N-ethyl adjacent to an activating group) is 1. The predicted octanol–water partition coefficient (Wildman–Crippen LogP) is -0.579. The topological polar surface area (TPSA) is 63.0 Å².